The third-order valence-corrected chi connectivity index (χ3v) is 8.72. The predicted octanol–water partition coefficient (Wildman–Crippen LogP) is 8.61. The van der Waals surface area contributed by atoms with Crippen LogP contribution in [0.2, 0.25) is 0 Å². The molecule has 0 aliphatic heterocycles. The Labute approximate surface area is 292 Å². The summed E-state index contributed by atoms with van der Waals surface area (Å²) in [5.74, 6) is 0.839. The number of esters is 1. The van der Waals surface area contributed by atoms with Gasteiger partial charge < -0.3 is 18.5 Å². The summed E-state index contributed by atoms with van der Waals surface area (Å²) < 4.78 is 20.2. The Balaban J connectivity index is 1.37. The highest BCUT2D eigenvalue weighted by Crippen LogP contribution is 2.36. The molecule has 0 fully saturated rings. The third kappa shape index (κ3) is 5.66. The standard InChI is InChI=1S/C42H30N4O5/c1-49-36-18-11-19-37-33(36)25-38(51-37)40-44-34-17-10-9-16-32(34)41(47)46(40)43-26-30-24-35(27-12-5-3-6-13-27)45(39(30)28-14-7-4-8-15-28)31-22-20-29(21-23-31)42(48)50-2/h3-26H,1-2H3. The van der Waals surface area contributed by atoms with Gasteiger partial charge in [-0.25, -0.2) is 9.78 Å². The van der Waals surface area contributed by atoms with E-state index in [1.165, 1.54) is 11.8 Å². The molecule has 9 heteroatoms. The van der Waals surface area contributed by atoms with Crippen molar-refractivity contribution in [2.45, 2.75) is 0 Å². The van der Waals surface area contributed by atoms with Gasteiger partial charge in [0.15, 0.2) is 5.76 Å². The van der Waals surface area contributed by atoms with E-state index in [0.29, 0.717) is 33.6 Å². The van der Waals surface area contributed by atoms with Gasteiger partial charge in [-0.15, -0.1) is 0 Å². The molecule has 0 bridgehead atoms. The molecular weight excluding hydrogens is 640 g/mol. The van der Waals surface area contributed by atoms with E-state index in [1.54, 1.807) is 43.7 Å². The number of ether oxygens (including phenoxy) is 2. The van der Waals surface area contributed by atoms with Gasteiger partial charge in [-0.3, -0.25) is 4.79 Å². The minimum atomic E-state index is -0.415. The van der Waals surface area contributed by atoms with Crippen molar-refractivity contribution in [1.82, 2.24) is 14.2 Å². The SMILES string of the molecule is COC(=O)c1ccc(-n2c(-c3ccccc3)cc(C=Nn3c(-c4cc5c(OC)cccc5o4)nc4ccccc4c3=O)c2-c2ccccc2)cc1. The van der Waals surface area contributed by atoms with E-state index in [2.05, 4.69) is 4.57 Å². The first-order valence-corrected chi connectivity index (χ1v) is 16.2. The van der Waals surface area contributed by atoms with Gasteiger partial charge in [-0.05, 0) is 71.8 Å². The van der Waals surface area contributed by atoms with Crippen LogP contribution in [-0.2, 0) is 4.74 Å². The van der Waals surface area contributed by atoms with Gasteiger partial charge in [0.05, 0.1) is 53.7 Å². The van der Waals surface area contributed by atoms with Gasteiger partial charge >= 0.3 is 5.97 Å². The molecule has 8 aromatic rings. The number of carbonyl (C=O) groups is 1. The fourth-order valence-electron chi connectivity index (χ4n) is 6.31. The summed E-state index contributed by atoms with van der Waals surface area (Å²) in [6.07, 6.45) is 1.68. The molecule has 0 unspecified atom stereocenters. The number of aromatic nitrogens is 3. The minimum Gasteiger partial charge on any atom is -0.496 e. The zero-order valence-electron chi connectivity index (χ0n) is 27.7. The first-order chi connectivity index (χ1) is 25.0. The Morgan fingerprint density at radius 2 is 1.47 bits per heavy atom. The number of methoxy groups -OCH3 is 2. The van der Waals surface area contributed by atoms with Gasteiger partial charge in [0.25, 0.3) is 5.56 Å². The van der Waals surface area contributed by atoms with E-state index < -0.39 is 5.97 Å². The number of benzene rings is 5. The van der Waals surface area contributed by atoms with E-state index in [1.807, 2.05) is 109 Å². The molecule has 248 valence electrons. The summed E-state index contributed by atoms with van der Waals surface area (Å²) in [4.78, 5) is 31.3. The summed E-state index contributed by atoms with van der Waals surface area (Å²) >= 11 is 0. The van der Waals surface area contributed by atoms with Crippen molar-refractivity contribution >= 4 is 34.1 Å². The van der Waals surface area contributed by atoms with Crippen LogP contribution in [0.15, 0.2) is 154 Å². The van der Waals surface area contributed by atoms with Crippen molar-refractivity contribution in [3.8, 4) is 45.5 Å². The lowest BCUT2D eigenvalue weighted by Crippen LogP contribution is -2.20. The zero-order valence-corrected chi connectivity index (χ0v) is 27.7. The monoisotopic (exact) mass is 670 g/mol. The van der Waals surface area contributed by atoms with Crippen LogP contribution in [-0.4, -0.2) is 40.6 Å². The average molecular weight is 671 g/mol. The zero-order chi connectivity index (χ0) is 34.9. The lowest BCUT2D eigenvalue weighted by Gasteiger charge is -2.15. The summed E-state index contributed by atoms with van der Waals surface area (Å²) in [7, 11) is 2.96. The highest BCUT2D eigenvalue weighted by Gasteiger charge is 2.21. The number of fused-ring (bicyclic) bond motifs is 2. The van der Waals surface area contributed by atoms with Crippen LogP contribution in [0.1, 0.15) is 15.9 Å². The normalized spacial score (nSPS) is 11.4. The molecule has 5 aromatic carbocycles. The van der Waals surface area contributed by atoms with E-state index in [-0.39, 0.29) is 11.4 Å². The molecule has 3 aromatic heterocycles. The fourth-order valence-corrected chi connectivity index (χ4v) is 6.31. The molecule has 0 saturated carbocycles. The summed E-state index contributed by atoms with van der Waals surface area (Å²) in [6.45, 7) is 0. The van der Waals surface area contributed by atoms with Gasteiger partial charge in [0.1, 0.15) is 11.3 Å². The van der Waals surface area contributed by atoms with Crippen LogP contribution in [0, 0.1) is 0 Å². The Hall–Kier alpha value is -7.00. The highest BCUT2D eigenvalue weighted by atomic mass is 16.5. The van der Waals surface area contributed by atoms with Crippen LogP contribution in [0.4, 0.5) is 0 Å². The second kappa shape index (κ2) is 13.1. The largest absolute Gasteiger partial charge is 0.496 e. The summed E-state index contributed by atoms with van der Waals surface area (Å²) in [5, 5.41) is 6.01. The van der Waals surface area contributed by atoms with E-state index in [0.717, 1.165) is 39.2 Å². The van der Waals surface area contributed by atoms with Gasteiger partial charge in [-0.2, -0.15) is 9.78 Å². The quantitative estimate of drug-likeness (QED) is 0.119. The van der Waals surface area contributed by atoms with Crippen LogP contribution in [0.3, 0.4) is 0 Å². The van der Waals surface area contributed by atoms with Gasteiger partial charge in [0, 0.05) is 11.3 Å². The average Bonchev–Trinajstić information content (AvgIpc) is 3.80. The molecule has 0 aliphatic rings. The Morgan fingerprint density at radius 3 is 2.20 bits per heavy atom. The summed E-state index contributed by atoms with van der Waals surface area (Å²) in [6, 6.07) is 43.8. The number of carbonyl (C=O) groups excluding carboxylic acids is 1. The molecular formula is C42H30N4O5. The predicted molar refractivity (Wildman–Crippen MR) is 199 cm³/mol. The maximum Gasteiger partial charge on any atom is 0.337 e. The van der Waals surface area contributed by atoms with Crippen LogP contribution in [0.25, 0.3) is 61.7 Å². The second-order valence-corrected chi connectivity index (χ2v) is 11.7. The van der Waals surface area contributed by atoms with E-state index >= 15 is 0 Å². The molecule has 0 radical (unpaired) electrons. The smallest absolute Gasteiger partial charge is 0.337 e. The Kier molecular flexibility index (Phi) is 8.05. The fraction of sp³-hybridized carbons (Fsp3) is 0.0476. The molecule has 9 nitrogen and oxygen atoms in total. The minimum absolute atomic E-state index is 0.246. The number of hydrogen-bond acceptors (Lipinski definition) is 7. The lowest BCUT2D eigenvalue weighted by molar-refractivity contribution is 0.0600. The van der Waals surface area contributed by atoms with Crippen LogP contribution >= 0.6 is 0 Å². The molecule has 3 heterocycles. The van der Waals surface area contributed by atoms with Crippen molar-refractivity contribution in [2.75, 3.05) is 14.2 Å². The van der Waals surface area contributed by atoms with Crippen molar-refractivity contribution in [2.24, 2.45) is 5.10 Å². The Morgan fingerprint density at radius 1 is 0.765 bits per heavy atom. The molecule has 0 N–H and O–H groups in total. The Bertz CT molecular complexity index is 2640. The van der Waals surface area contributed by atoms with Crippen molar-refractivity contribution in [3.63, 3.8) is 0 Å². The molecule has 8 rings (SSSR count). The van der Waals surface area contributed by atoms with Gasteiger partial charge in [-0.1, -0.05) is 78.9 Å². The maximum atomic E-state index is 14.2. The van der Waals surface area contributed by atoms with Crippen molar-refractivity contribution in [3.05, 3.63) is 161 Å². The molecule has 0 atom stereocenters. The van der Waals surface area contributed by atoms with Crippen molar-refractivity contribution < 1.29 is 18.7 Å². The number of rotatable bonds is 8. The number of para-hydroxylation sites is 1. The number of nitrogens with zero attached hydrogens (tertiary/aromatic N) is 4. The molecule has 0 spiro atoms. The second-order valence-electron chi connectivity index (χ2n) is 11.7. The van der Waals surface area contributed by atoms with Crippen LogP contribution < -0.4 is 10.3 Å². The molecule has 51 heavy (non-hydrogen) atoms. The third-order valence-electron chi connectivity index (χ3n) is 8.72. The summed E-state index contributed by atoms with van der Waals surface area (Å²) in [5.41, 5.74) is 6.38. The van der Waals surface area contributed by atoms with Crippen molar-refractivity contribution in [1.29, 1.82) is 0 Å². The topological polar surface area (TPSA) is 101 Å². The molecule has 0 saturated heterocycles. The number of furan rings is 1. The number of hydrogen-bond donors (Lipinski definition) is 0. The van der Waals surface area contributed by atoms with E-state index in [9.17, 15) is 9.59 Å². The molecule has 0 aliphatic carbocycles. The lowest BCUT2D eigenvalue weighted by atomic mass is 10.1. The van der Waals surface area contributed by atoms with Gasteiger partial charge in [0.2, 0.25) is 5.82 Å². The first kappa shape index (κ1) is 31.3. The maximum absolute atomic E-state index is 14.2. The molecule has 0 amide bonds. The van der Waals surface area contributed by atoms with Crippen LogP contribution in [0.5, 0.6) is 5.75 Å². The first-order valence-electron chi connectivity index (χ1n) is 16.2. The van der Waals surface area contributed by atoms with E-state index in [4.69, 9.17) is 24.0 Å². The highest BCUT2D eigenvalue weighted by molar-refractivity contribution is 5.95.